The van der Waals surface area contributed by atoms with Crippen molar-refractivity contribution in [2.24, 2.45) is 11.3 Å². The number of hydrogen-bond donors (Lipinski definition) is 1. The van der Waals surface area contributed by atoms with E-state index in [0.717, 1.165) is 25.7 Å². The Hall–Kier alpha value is -0.0800. The summed E-state index contributed by atoms with van der Waals surface area (Å²) in [7, 11) is 0. The SMILES string of the molecule is CCOCCCC(CNC(C)C)C(C)(C)C. The average molecular weight is 229 g/mol. The molecule has 16 heavy (non-hydrogen) atoms. The van der Waals surface area contributed by atoms with Crippen LogP contribution in [0.25, 0.3) is 0 Å². The molecule has 0 aliphatic carbocycles. The Kier molecular flexibility index (Phi) is 8.04. The van der Waals surface area contributed by atoms with Crippen LogP contribution in [0, 0.1) is 11.3 Å². The summed E-state index contributed by atoms with van der Waals surface area (Å²) in [5.74, 6) is 0.732. The molecule has 0 saturated heterocycles. The van der Waals surface area contributed by atoms with Crippen molar-refractivity contribution in [2.75, 3.05) is 19.8 Å². The number of ether oxygens (including phenoxy) is 1. The van der Waals surface area contributed by atoms with Gasteiger partial charge in [-0.25, -0.2) is 0 Å². The van der Waals surface area contributed by atoms with Gasteiger partial charge < -0.3 is 10.1 Å². The van der Waals surface area contributed by atoms with Crippen molar-refractivity contribution in [3.8, 4) is 0 Å². The Bertz CT molecular complexity index is 161. The number of rotatable bonds is 8. The van der Waals surface area contributed by atoms with Crippen molar-refractivity contribution in [1.29, 1.82) is 0 Å². The van der Waals surface area contributed by atoms with Gasteiger partial charge in [-0.2, -0.15) is 0 Å². The molecule has 1 atom stereocenters. The first-order chi connectivity index (χ1) is 7.38. The lowest BCUT2D eigenvalue weighted by Gasteiger charge is -2.31. The fraction of sp³-hybridized carbons (Fsp3) is 1.00. The van der Waals surface area contributed by atoms with Crippen molar-refractivity contribution in [3.63, 3.8) is 0 Å². The maximum Gasteiger partial charge on any atom is 0.0466 e. The minimum absolute atomic E-state index is 0.383. The van der Waals surface area contributed by atoms with E-state index in [2.05, 4.69) is 46.9 Å². The lowest BCUT2D eigenvalue weighted by Crippen LogP contribution is -2.35. The van der Waals surface area contributed by atoms with E-state index < -0.39 is 0 Å². The summed E-state index contributed by atoms with van der Waals surface area (Å²) in [5, 5.41) is 3.55. The van der Waals surface area contributed by atoms with Gasteiger partial charge in [-0.1, -0.05) is 34.6 Å². The molecule has 0 rings (SSSR count). The molecular weight excluding hydrogens is 198 g/mol. The monoisotopic (exact) mass is 229 g/mol. The van der Waals surface area contributed by atoms with E-state index in [1.54, 1.807) is 0 Å². The van der Waals surface area contributed by atoms with Crippen LogP contribution >= 0.6 is 0 Å². The van der Waals surface area contributed by atoms with E-state index in [9.17, 15) is 0 Å². The van der Waals surface area contributed by atoms with Crippen molar-refractivity contribution in [1.82, 2.24) is 5.32 Å². The molecule has 0 aromatic carbocycles. The number of nitrogens with one attached hydrogen (secondary N) is 1. The van der Waals surface area contributed by atoms with Gasteiger partial charge in [-0.3, -0.25) is 0 Å². The van der Waals surface area contributed by atoms with Gasteiger partial charge in [0.05, 0.1) is 0 Å². The zero-order valence-electron chi connectivity index (χ0n) is 12.1. The largest absolute Gasteiger partial charge is 0.382 e. The van der Waals surface area contributed by atoms with Crippen LogP contribution in [-0.2, 0) is 4.74 Å². The van der Waals surface area contributed by atoms with Gasteiger partial charge in [-0.05, 0) is 37.6 Å². The summed E-state index contributed by atoms with van der Waals surface area (Å²) in [6.45, 7) is 16.3. The van der Waals surface area contributed by atoms with Crippen LogP contribution < -0.4 is 5.32 Å². The molecule has 1 unspecified atom stereocenters. The normalized spacial score (nSPS) is 14.4. The minimum atomic E-state index is 0.383. The Balaban J connectivity index is 3.92. The molecule has 0 spiro atoms. The second-order valence-corrected chi connectivity index (χ2v) is 5.97. The highest BCUT2D eigenvalue weighted by atomic mass is 16.5. The first kappa shape index (κ1) is 15.9. The minimum Gasteiger partial charge on any atom is -0.382 e. The van der Waals surface area contributed by atoms with Crippen LogP contribution in [-0.4, -0.2) is 25.8 Å². The molecular formula is C14H31NO. The Labute approximate surface area is 102 Å². The summed E-state index contributed by atoms with van der Waals surface area (Å²) in [6, 6.07) is 0.580. The van der Waals surface area contributed by atoms with Gasteiger partial charge in [0.1, 0.15) is 0 Å². The lowest BCUT2D eigenvalue weighted by molar-refractivity contribution is 0.127. The molecule has 1 N–H and O–H groups in total. The molecule has 0 heterocycles. The van der Waals surface area contributed by atoms with Gasteiger partial charge in [0.25, 0.3) is 0 Å². The van der Waals surface area contributed by atoms with Crippen LogP contribution in [0.3, 0.4) is 0 Å². The fourth-order valence-corrected chi connectivity index (χ4v) is 1.80. The van der Waals surface area contributed by atoms with E-state index in [-0.39, 0.29) is 0 Å². The highest BCUT2D eigenvalue weighted by molar-refractivity contribution is 4.76. The zero-order valence-corrected chi connectivity index (χ0v) is 12.1. The molecule has 2 nitrogen and oxygen atoms in total. The third kappa shape index (κ3) is 8.12. The lowest BCUT2D eigenvalue weighted by atomic mass is 9.78. The Morgan fingerprint density at radius 2 is 1.81 bits per heavy atom. The molecule has 98 valence electrons. The standard InChI is InChI=1S/C14H31NO/c1-7-16-10-8-9-13(14(4,5)6)11-15-12(2)3/h12-13,15H,7-11H2,1-6H3. The second kappa shape index (κ2) is 8.08. The summed E-state index contributed by atoms with van der Waals surface area (Å²) < 4.78 is 5.40. The van der Waals surface area contributed by atoms with E-state index in [1.807, 2.05) is 0 Å². The molecule has 0 saturated carbocycles. The summed E-state index contributed by atoms with van der Waals surface area (Å²) in [5.41, 5.74) is 0.383. The predicted octanol–water partition coefficient (Wildman–Crippen LogP) is 3.46. The highest BCUT2D eigenvalue weighted by Gasteiger charge is 2.23. The van der Waals surface area contributed by atoms with Gasteiger partial charge in [-0.15, -0.1) is 0 Å². The van der Waals surface area contributed by atoms with E-state index in [4.69, 9.17) is 4.74 Å². The predicted molar refractivity (Wildman–Crippen MR) is 71.8 cm³/mol. The quantitative estimate of drug-likeness (QED) is 0.644. The maximum absolute atomic E-state index is 5.40. The third-order valence-electron chi connectivity index (χ3n) is 3.04. The summed E-state index contributed by atoms with van der Waals surface area (Å²) in [6.07, 6.45) is 2.43. The maximum atomic E-state index is 5.40. The van der Waals surface area contributed by atoms with Crippen molar-refractivity contribution < 1.29 is 4.74 Å². The summed E-state index contributed by atoms with van der Waals surface area (Å²) >= 11 is 0. The Morgan fingerprint density at radius 3 is 2.25 bits per heavy atom. The van der Waals surface area contributed by atoms with Crippen molar-refractivity contribution in [2.45, 2.75) is 60.4 Å². The van der Waals surface area contributed by atoms with E-state index in [1.165, 1.54) is 12.8 Å². The molecule has 0 aromatic heterocycles. The van der Waals surface area contributed by atoms with Crippen LogP contribution in [0.2, 0.25) is 0 Å². The van der Waals surface area contributed by atoms with Crippen molar-refractivity contribution in [3.05, 3.63) is 0 Å². The average Bonchev–Trinajstić information content (AvgIpc) is 2.14. The van der Waals surface area contributed by atoms with E-state index in [0.29, 0.717) is 11.5 Å². The third-order valence-corrected chi connectivity index (χ3v) is 3.04. The van der Waals surface area contributed by atoms with Gasteiger partial charge in [0.2, 0.25) is 0 Å². The van der Waals surface area contributed by atoms with Crippen molar-refractivity contribution >= 4 is 0 Å². The van der Waals surface area contributed by atoms with Gasteiger partial charge >= 0.3 is 0 Å². The highest BCUT2D eigenvalue weighted by Crippen LogP contribution is 2.29. The Morgan fingerprint density at radius 1 is 1.19 bits per heavy atom. The zero-order chi connectivity index (χ0) is 12.6. The fourth-order valence-electron chi connectivity index (χ4n) is 1.80. The second-order valence-electron chi connectivity index (χ2n) is 5.97. The molecule has 0 fully saturated rings. The molecule has 0 aliphatic heterocycles. The first-order valence-corrected chi connectivity index (χ1v) is 6.69. The number of hydrogen-bond acceptors (Lipinski definition) is 2. The van der Waals surface area contributed by atoms with Crippen LogP contribution in [0.4, 0.5) is 0 Å². The van der Waals surface area contributed by atoms with Crippen LogP contribution in [0.5, 0.6) is 0 Å². The van der Waals surface area contributed by atoms with E-state index >= 15 is 0 Å². The summed E-state index contributed by atoms with van der Waals surface area (Å²) in [4.78, 5) is 0. The molecule has 2 heteroatoms. The van der Waals surface area contributed by atoms with Gasteiger partial charge in [0, 0.05) is 19.3 Å². The van der Waals surface area contributed by atoms with Gasteiger partial charge in [0.15, 0.2) is 0 Å². The first-order valence-electron chi connectivity index (χ1n) is 6.69. The topological polar surface area (TPSA) is 21.3 Å². The molecule has 0 radical (unpaired) electrons. The van der Waals surface area contributed by atoms with Crippen LogP contribution in [0.1, 0.15) is 54.4 Å². The smallest absolute Gasteiger partial charge is 0.0466 e. The molecule has 0 aromatic rings. The van der Waals surface area contributed by atoms with Crippen LogP contribution in [0.15, 0.2) is 0 Å². The molecule has 0 aliphatic rings. The molecule has 0 bridgehead atoms. The molecule has 0 amide bonds.